The minimum atomic E-state index is -0.601. The molecule has 0 fully saturated rings. The van der Waals surface area contributed by atoms with E-state index in [9.17, 15) is 5.11 Å². The Morgan fingerprint density at radius 1 is 1.29 bits per heavy atom. The highest BCUT2D eigenvalue weighted by Gasteiger charge is 2.19. The third kappa shape index (κ3) is 5.11. The van der Waals surface area contributed by atoms with Gasteiger partial charge in [-0.15, -0.1) is 11.3 Å². The summed E-state index contributed by atoms with van der Waals surface area (Å²) in [6, 6.07) is 10.2. The van der Waals surface area contributed by atoms with Gasteiger partial charge in [-0.3, -0.25) is 0 Å². The summed E-state index contributed by atoms with van der Waals surface area (Å²) in [5, 5.41) is 18.1. The van der Waals surface area contributed by atoms with E-state index in [4.69, 9.17) is 4.42 Å². The number of rotatable bonds is 6. The van der Waals surface area contributed by atoms with Crippen LogP contribution in [-0.2, 0) is 12.0 Å². The van der Waals surface area contributed by atoms with Crippen molar-refractivity contribution in [2.45, 2.75) is 45.8 Å². The first kappa shape index (κ1) is 20.4. The first-order chi connectivity index (χ1) is 13.4. The van der Waals surface area contributed by atoms with Gasteiger partial charge in [-0.1, -0.05) is 39.0 Å². The number of thiophene rings is 1. The fraction of sp³-hybridized carbons (Fsp3) is 0.429. The molecule has 3 N–H and O–H groups in total. The fourth-order valence-electron chi connectivity index (χ4n) is 2.68. The highest BCUT2D eigenvalue weighted by Crippen LogP contribution is 2.29. The number of aliphatic imine (C=N–C) groups is 1. The minimum absolute atomic E-state index is 0.0773. The zero-order valence-electron chi connectivity index (χ0n) is 16.8. The zero-order valence-corrected chi connectivity index (χ0v) is 17.6. The molecule has 1 atom stereocenters. The summed E-state index contributed by atoms with van der Waals surface area (Å²) in [6.45, 7) is 9.69. The van der Waals surface area contributed by atoms with Crippen molar-refractivity contribution < 1.29 is 9.52 Å². The van der Waals surface area contributed by atoms with Gasteiger partial charge >= 0.3 is 0 Å². The summed E-state index contributed by atoms with van der Waals surface area (Å²) in [5.74, 6) is 2.04. The Morgan fingerprint density at radius 2 is 2.07 bits per heavy atom. The largest absolute Gasteiger partial charge is 0.443 e. The standard InChI is InChI=1S/C21H28N4O2S/c1-5-22-20(25-13-19-23-12-18(27-19)21(2,3)4)24-11-15(26)17-10-14-8-6-7-9-16(14)28-17/h6-10,12,15,26H,5,11,13H2,1-4H3,(H2,22,24,25). The number of hydrogen-bond donors (Lipinski definition) is 3. The second-order valence-corrected chi connectivity index (χ2v) is 8.76. The smallest absolute Gasteiger partial charge is 0.216 e. The molecule has 6 nitrogen and oxygen atoms in total. The molecule has 3 rings (SSSR count). The number of benzene rings is 1. The van der Waals surface area contributed by atoms with Gasteiger partial charge in [0.25, 0.3) is 0 Å². The van der Waals surface area contributed by atoms with E-state index in [1.54, 1.807) is 17.5 Å². The van der Waals surface area contributed by atoms with Crippen molar-refractivity contribution in [3.63, 3.8) is 0 Å². The minimum Gasteiger partial charge on any atom is -0.443 e. The first-order valence-corrected chi connectivity index (χ1v) is 10.3. The summed E-state index contributed by atoms with van der Waals surface area (Å²) >= 11 is 1.61. The van der Waals surface area contributed by atoms with Crippen LogP contribution in [0.1, 0.15) is 50.3 Å². The molecule has 0 aliphatic rings. The predicted molar refractivity (Wildman–Crippen MR) is 115 cm³/mol. The van der Waals surface area contributed by atoms with Crippen LogP contribution >= 0.6 is 11.3 Å². The van der Waals surface area contributed by atoms with Crippen LogP contribution in [0.2, 0.25) is 0 Å². The highest BCUT2D eigenvalue weighted by molar-refractivity contribution is 7.19. The van der Waals surface area contributed by atoms with Crippen molar-refractivity contribution in [1.29, 1.82) is 0 Å². The van der Waals surface area contributed by atoms with Crippen molar-refractivity contribution in [3.8, 4) is 0 Å². The number of aliphatic hydroxyl groups is 1. The average molecular weight is 401 g/mol. The maximum Gasteiger partial charge on any atom is 0.216 e. The van der Waals surface area contributed by atoms with Crippen LogP contribution in [0.15, 0.2) is 45.9 Å². The quantitative estimate of drug-likeness (QED) is 0.431. The number of aromatic nitrogens is 1. The lowest BCUT2D eigenvalue weighted by atomic mass is 9.94. The van der Waals surface area contributed by atoms with Gasteiger partial charge in [-0.05, 0) is 24.4 Å². The highest BCUT2D eigenvalue weighted by atomic mass is 32.1. The molecule has 1 unspecified atom stereocenters. The van der Waals surface area contributed by atoms with E-state index in [0.29, 0.717) is 24.9 Å². The van der Waals surface area contributed by atoms with Gasteiger partial charge in [-0.25, -0.2) is 9.98 Å². The Morgan fingerprint density at radius 3 is 2.75 bits per heavy atom. The Hall–Kier alpha value is -2.38. The monoisotopic (exact) mass is 400 g/mol. The third-order valence-corrected chi connectivity index (χ3v) is 5.46. The van der Waals surface area contributed by atoms with Gasteiger partial charge in [0.15, 0.2) is 5.96 Å². The van der Waals surface area contributed by atoms with Gasteiger partial charge in [0.2, 0.25) is 5.89 Å². The van der Waals surface area contributed by atoms with Gasteiger partial charge in [0.1, 0.15) is 18.4 Å². The van der Waals surface area contributed by atoms with Crippen LogP contribution in [0.25, 0.3) is 10.1 Å². The van der Waals surface area contributed by atoms with E-state index in [1.807, 2.05) is 25.1 Å². The lowest BCUT2D eigenvalue weighted by molar-refractivity contribution is 0.184. The molecule has 0 amide bonds. The Balaban J connectivity index is 1.62. The number of oxazole rings is 1. The Labute approximate surface area is 169 Å². The van der Waals surface area contributed by atoms with Gasteiger partial charge in [-0.2, -0.15) is 0 Å². The molecule has 3 aromatic rings. The van der Waals surface area contributed by atoms with Crippen LogP contribution in [0.4, 0.5) is 0 Å². The number of nitrogens with zero attached hydrogens (tertiary/aromatic N) is 2. The second kappa shape index (κ2) is 8.75. The molecule has 0 bridgehead atoms. The van der Waals surface area contributed by atoms with Crippen molar-refractivity contribution in [1.82, 2.24) is 15.6 Å². The van der Waals surface area contributed by atoms with Crippen LogP contribution < -0.4 is 10.6 Å². The third-order valence-electron chi connectivity index (χ3n) is 4.25. The summed E-state index contributed by atoms with van der Waals surface area (Å²) < 4.78 is 6.96. The van der Waals surface area contributed by atoms with Crippen LogP contribution in [0.3, 0.4) is 0 Å². The molecule has 0 aliphatic carbocycles. The SMILES string of the molecule is CCNC(=NCc1ncc(C(C)(C)C)o1)NCC(O)c1cc2ccccc2s1. The zero-order chi connectivity index (χ0) is 20.1. The van der Waals surface area contributed by atoms with Crippen LogP contribution in [-0.4, -0.2) is 29.1 Å². The van der Waals surface area contributed by atoms with E-state index in [1.165, 1.54) is 4.70 Å². The number of aliphatic hydroxyl groups excluding tert-OH is 1. The molecule has 7 heteroatoms. The predicted octanol–water partition coefficient (Wildman–Crippen LogP) is 3.98. The molecule has 150 valence electrons. The summed E-state index contributed by atoms with van der Waals surface area (Å²) in [4.78, 5) is 9.76. The van der Waals surface area contributed by atoms with Gasteiger partial charge < -0.3 is 20.2 Å². The van der Waals surface area contributed by atoms with E-state index in [-0.39, 0.29) is 5.41 Å². The molecule has 28 heavy (non-hydrogen) atoms. The molecule has 2 heterocycles. The number of guanidine groups is 1. The van der Waals surface area contributed by atoms with Crippen molar-refractivity contribution in [3.05, 3.63) is 53.1 Å². The van der Waals surface area contributed by atoms with Crippen molar-refractivity contribution in [2.75, 3.05) is 13.1 Å². The normalized spacial score (nSPS) is 13.7. The van der Waals surface area contributed by atoms with Crippen molar-refractivity contribution in [2.24, 2.45) is 4.99 Å². The summed E-state index contributed by atoms with van der Waals surface area (Å²) in [6.07, 6.45) is 1.16. The van der Waals surface area contributed by atoms with E-state index >= 15 is 0 Å². The van der Waals surface area contributed by atoms with E-state index < -0.39 is 6.10 Å². The number of fused-ring (bicyclic) bond motifs is 1. The molecule has 1 aromatic carbocycles. The maximum absolute atomic E-state index is 10.6. The van der Waals surface area contributed by atoms with Crippen molar-refractivity contribution >= 4 is 27.4 Å². The Bertz CT molecular complexity index is 906. The molecule has 2 aromatic heterocycles. The van der Waals surface area contributed by atoms with Gasteiger partial charge in [0.05, 0.1) is 6.20 Å². The molecular weight excluding hydrogens is 372 g/mol. The van der Waals surface area contributed by atoms with Gasteiger partial charge in [0, 0.05) is 28.1 Å². The second-order valence-electron chi connectivity index (χ2n) is 7.65. The molecule has 0 aliphatic heterocycles. The maximum atomic E-state index is 10.6. The van der Waals surface area contributed by atoms with Crippen LogP contribution in [0.5, 0.6) is 0 Å². The molecular formula is C21H28N4O2S. The molecule has 0 saturated carbocycles. The number of hydrogen-bond acceptors (Lipinski definition) is 5. The number of nitrogens with one attached hydrogen (secondary N) is 2. The molecule has 0 spiro atoms. The Kier molecular flexibility index (Phi) is 6.36. The summed E-state index contributed by atoms with van der Waals surface area (Å²) in [7, 11) is 0. The lowest BCUT2D eigenvalue weighted by Crippen LogP contribution is -2.39. The van der Waals surface area contributed by atoms with E-state index in [2.05, 4.69) is 53.5 Å². The lowest BCUT2D eigenvalue weighted by Gasteiger charge is -2.14. The topological polar surface area (TPSA) is 82.7 Å². The fourth-order valence-corrected chi connectivity index (χ4v) is 3.73. The van der Waals surface area contributed by atoms with E-state index in [0.717, 1.165) is 22.6 Å². The average Bonchev–Trinajstić information content (AvgIpc) is 3.30. The first-order valence-electron chi connectivity index (χ1n) is 9.50. The van der Waals surface area contributed by atoms with Crippen LogP contribution in [0, 0.1) is 0 Å². The molecule has 0 saturated heterocycles. The summed E-state index contributed by atoms with van der Waals surface area (Å²) in [5.41, 5.74) is -0.0773. The molecule has 0 radical (unpaired) electrons.